The van der Waals surface area contributed by atoms with Gasteiger partial charge in [-0.3, -0.25) is 13.9 Å². The lowest BCUT2D eigenvalue weighted by Crippen LogP contribution is -2.35. The SMILES string of the molecule is C#CCn1cc(-c2cnc3c(Oc4ccc(C(=O)N[C@@H](C)CO)c(CC)c4)nccn23)c(C(F)(F)F)n1. The normalized spacial score (nSPS) is 12.4. The number of aromatic nitrogens is 5. The first-order valence-corrected chi connectivity index (χ1v) is 11.3. The van der Waals surface area contributed by atoms with Gasteiger partial charge in [0.15, 0.2) is 5.69 Å². The van der Waals surface area contributed by atoms with Gasteiger partial charge in [0.25, 0.3) is 11.8 Å². The first kappa shape index (κ1) is 25.7. The Hall–Kier alpha value is -4.37. The van der Waals surface area contributed by atoms with Crippen LogP contribution in [0, 0.1) is 12.3 Å². The van der Waals surface area contributed by atoms with E-state index in [-0.39, 0.29) is 41.8 Å². The van der Waals surface area contributed by atoms with Gasteiger partial charge in [-0.15, -0.1) is 6.42 Å². The number of rotatable bonds is 8. The maximum atomic E-state index is 13.7. The number of aryl methyl sites for hydroxylation is 1. The summed E-state index contributed by atoms with van der Waals surface area (Å²) in [5.74, 6) is 2.38. The van der Waals surface area contributed by atoms with Crippen molar-refractivity contribution in [2.24, 2.45) is 0 Å². The molecule has 0 fully saturated rings. The van der Waals surface area contributed by atoms with Crippen molar-refractivity contribution >= 4 is 11.6 Å². The van der Waals surface area contributed by atoms with Crippen molar-refractivity contribution in [2.75, 3.05) is 6.61 Å². The number of carbonyl (C=O) groups excluding carboxylic acids is 1. The van der Waals surface area contributed by atoms with Gasteiger partial charge in [0.1, 0.15) is 12.3 Å². The van der Waals surface area contributed by atoms with Crippen molar-refractivity contribution in [3.05, 3.63) is 59.8 Å². The summed E-state index contributed by atoms with van der Waals surface area (Å²) in [6.07, 6.45) is 6.42. The first-order valence-electron chi connectivity index (χ1n) is 11.3. The van der Waals surface area contributed by atoms with Crippen LogP contribution in [0.25, 0.3) is 16.9 Å². The summed E-state index contributed by atoms with van der Waals surface area (Å²) >= 11 is 0. The van der Waals surface area contributed by atoms with Crippen molar-refractivity contribution in [1.29, 1.82) is 0 Å². The number of hydrogen-bond donors (Lipinski definition) is 2. The molecular formula is C25H23F3N6O3. The summed E-state index contributed by atoms with van der Waals surface area (Å²) in [5, 5.41) is 15.5. The maximum Gasteiger partial charge on any atom is 0.435 e. The molecule has 2 N–H and O–H groups in total. The van der Waals surface area contributed by atoms with E-state index in [4.69, 9.17) is 11.2 Å². The second kappa shape index (κ2) is 10.3. The van der Waals surface area contributed by atoms with Gasteiger partial charge < -0.3 is 15.2 Å². The zero-order valence-electron chi connectivity index (χ0n) is 20.0. The largest absolute Gasteiger partial charge is 0.436 e. The van der Waals surface area contributed by atoms with Crippen molar-refractivity contribution < 1.29 is 27.8 Å². The van der Waals surface area contributed by atoms with Crippen LogP contribution >= 0.6 is 0 Å². The van der Waals surface area contributed by atoms with Crippen molar-refractivity contribution in [3.63, 3.8) is 0 Å². The summed E-state index contributed by atoms with van der Waals surface area (Å²) in [6, 6.07) is 4.46. The topological polar surface area (TPSA) is 107 Å². The number of benzene rings is 1. The van der Waals surface area contributed by atoms with Gasteiger partial charge in [0, 0.05) is 30.2 Å². The van der Waals surface area contributed by atoms with Gasteiger partial charge in [-0.1, -0.05) is 12.8 Å². The minimum Gasteiger partial charge on any atom is -0.436 e. The van der Waals surface area contributed by atoms with E-state index in [9.17, 15) is 23.1 Å². The van der Waals surface area contributed by atoms with Crippen LogP contribution in [0.15, 0.2) is 43.0 Å². The Kier molecular flexibility index (Phi) is 7.17. The van der Waals surface area contributed by atoms with E-state index in [0.29, 0.717) is 23.3 Å². The lowest BCUT2D eigenvalue weighted by molar-refractivity contribution is -0.141. The fraction of sp³-hybridized carbons (Fsp3) is 0.280. The van der Waals surface area contributed by atoms with Crippen LogP contribution in [0.1, 0.15) is 35.5 Å². The molecule has 0 spiro atoms. The zero-order chi connectivity index (χ0) is 26.7. The highest BCUT2D eigenvalue weighted by Crippen LogP contribution is 2.37. The average molecular weight is 512 g/mol. The number of ether oxygens (including phenoxy) is 1. The Bertz CT molecular complexity index is 1490. The van der Waals surface area contributed by atoms with E-state index >= 15 is 0 Å². The van der Waals surface area contributed by atoms with Gasteiger partial charge >= 0.3 is 6.18 Å². The summed E-state index contributed by atoms with van der Waals surface area (Å²) in [6.45, 7) is 3.25. The molecule has 4 rings (SSSR count). The van der Waals surface area contributed by atoms with E-state index in [2.05, 4.69) is 26.3 Å². The Morgan fingerprint density at radius 3 is 2.78 bits per heavy atom. The number of aliphatic hydroxyl groups is 1. The maximum absolute atomic E-state index is 13.7. The van der Waals surface area contributed by atoms with Crippen LogP contribution in [0.2, 0.25) is 0 Å². The summed E-state index contributed by atoms with van der Waals surface area (Å²) in [5.41, 5.74) is 0.193. The number of halogens is 3. The fourth-order valence-electron chi connectivity index (χ4n) is 3.77. The molecule has 0 bridgehead atoms. The predicted molar refractivity (Wildman–Crippen MR) is 128 cm³/mol. The number of imidazole rings is 1. The fourth-order valence-corrected chi connectivity index (χ4v) is 3.77. The minimum absolute atomic E-state index is 0.0616. The number of carbonyl (C=O) groups is 1. The van der Waals surface area contributed by atoms with Crippen LogP contribution in [-0.4, -0.2) is 47.8 Å². The number of aliphatic hydroxyl groups excluding tert-OH is 1. The molecule has 0 unspecified atom stereocenters. The molecule has 0 saturated heterocycles. The second-order valence-corrected chi connectivity index (χ2v) is 8.19. The highest BCUT2D eigenvalue weighted by atomic mass is 19.4. The summed E-state index contributed by atoms with van der Waals surface area (Å²) in [4.78, 5) is 21.0. The first-order chi connectivity index (χ1) is 17.7. The Balaban J connectivity index is 1.70. The van der Waals surface area contributed by atoms with Crippen molar-refractivity contribution in [2.45, 2.75) is 39.0 Å². The monoisotopic (exact) mass is 512 g/mol. The summed E-state index contributed by atoms with van der Waals surface area (Å²) < 4.78 is 49.4. The van der Waals surface area contributed by atoms with Crippen LogP contribution in [0.5, 0.6) is 11.6 Å². The molecule has 3 heterocycles. The Labute approximate surface area is 209 Å². The zero-order valence-corrected chi connectivity index (χ0v) is 20.0. The third-order valence-electron chi connectivity index (χ3n) is 5.52. The highest BCUT2D eigenvalue weighted by Gasteiger charge is 2.38. The molecule has 0 aliphatic rings. The van der Waals surface area contributed by atoms with E-state index in [0.717, 1.165) is 4.68 Å². The Morgan fingerprint density at radius 1 is 1.32 bits per heavy atom. The van der Waals surface area contributed by atoms with Crippen molar-refractivity contribution in [1.82, 2.24) is 29.5 Å². The molecule has 0 radical (unpaired) electrons. The molecule has 37 heavy (non-hydrogen) atoms. The Morgan fingerprint density at radius 2 is 2.11 bits per heavy atom. The van der Waals surface area contributed by atoms with Gasteiger partial charge in [-0.25, -0.2) is 9.97 Å². The molecule has 3 aromatic heterocycles. The molecule has 4 aromatic rings. The molecule has 0 aliphatic heterocycles. The second-order valence-electron chi connectivity index (χ2n) is 8.19. The third kappa shape index (κ3) is 5.26. The molecule has 192 valence electrons. The van der Waals surface area contributed by atoms with Crippen molar-refractivity contribution in [3.8, 4) is 35.2 Å². The smallest absolute Gasteiger partial charge is 0.435 e. The van der Waals surface area contributed by atoms with Gasteiger partial charge in [0.2, 0.25) is 5.65 Å². The summed E-state index contributed by atoms with van der Waals surface area (Å²) in [7, 11) is 0. The molecule has 0 aliphatic carbocycles. The van der Waals surface area contributed by atoms with Crippen LogP contribution in [-0.2, 0) is 19.1 Å². The molecule has 1 amide bonds. The quantitative estimate of drug-likeness (QED) is 0.349. The molecule has 12 heteroatoms. The number of terminal acetylenes is 1. The number of nitrogens with zero attached hydrogens (tertiary/aromatic N) is 5. The standard InChI is InChI=1S/C25H23F3N6O3/c1-4-9-33-13-19(21(32-33)25(26,27)28)20-12-30-22-24(29-8-10-34(20)22)37-17-6-7-18(16(5-2)11-17)23(36)31-15(3)14-35/h1,6-8,10-13,15,35H,5,9,14H2,2-3H3,(H,31,36)/t15-/m0/s1. The average Bonchev–Trinajstić information content (AvgIpc) is 3.49. The number of fused-ring (bicyclic) bond motifs is 1. The predicted octanol–water partition coefficient (Wildman–Crippen LogP) is 3.71. The molecule has 0 saturated carbocycles. The molecular weight excluding hydrogens is 489 g/mol. The van der Waals surface area contributed by atoms with Gasteiger partial charge in [0.05, 0.1) is 24.1 Å². The lowest BCUT2D eigenvalue weighted by atomic mass is 10.0. The molecule has 9 nitrogen and oxygen atoms in total. The number of amides is 1. The van der Waals surface area contributed by atoms with E-state index in [1.807, 2.05) is 6.92 Å². The van der Waals surface area contributed by atoms with Crippen LogP contribution < -0.4 is 10.1 Å². The number of nitrogens with one attached hydrogen (secondary N) is 1. The third-order valence-corrected chi connectivity index (χ3v) is 5.52. The number of hydrogen-bond acceptors (Lipinski definition) is 6. The van der Waals surface area contributed by atoms with E-state index in [1.165, 1.54) is 29.2 Å². The minimum atomic E-state index is -4.70. The lowest BCUT2D eigenvalue weighted by Gasteiger charge is -2.14. The van der Waals surface area contributed by atoms with Crippen LogP contribution in [0.4, 0.5) is 13.2 Å². The van der Waals surface area contributed by atoms with Crippen LogP contribution in [0.3, 0.4) is 0 Å². The van der Waals surface area contributed by atoms with Gasteiger partial charge in [-0.05, 0) is 37.1 Å². The molecule has 1 aromatic carbocycles. The highest BCUT2D eigenvalue weighted by molar-refractivity contribution is 5.96. The number of alkyl halides is 3. The molecule has 1 atom stereocenters. The van der Waals surface area contributed by atoms with Gasteiger partial charge in [-0.2, -0.15) is 18.3 Å². The van der Waals surface area contributed by atoms with E-state index in [1.54, 1.807) is 25.1 Å². The van der Waals surface area contributed by atoms with E-state index < -0.39 is 17.9 Å².